The first-order chi connectivity index (χ1) is 13.6. The number of nitrogens with one attached hydrogen (secondary N) is 2. The van der Waals surface area contributed by atoms with E-state index in [0.717, 1.165) is 11.8 Å². The number of carbonyl (C=O) groups excluding carboxylic acids is 1. The van der Waals surface area contributed by atoms with Crippen LogP contribution >= 0.6 is 23.5 Å². The molecule has 0 bridgehead atoms. The fourth-order valence-electron chi connectivity index (χ4n) is 2.09. The Morgan fingerprint density at radius 1 is 1.17 bits per heavy atom. The number of amidine groups is 1. The number of thioether (sulfide) groups is 2. The number of hydrazine groups is 1. The third-order valence-corrected chi connectivity index (χ3v) is 5.20. The zero-order valence-corrected chi connectivity index (χ0v) is 16.5. The van der Waals surface area contributed by atoms with Gasteiger partial charge in [-0.25, -0.2) is 5.84 Å². The van der Waals surface area contributed by atoms with Gasteiger partial charge in [0.25, 0.3) is 5.91 Å². The zero-order valence-electron chi connectivity index (χ0n) is 14.9. The molecule has 2 aromatic carbocycles. The lowest BCUT2D eigenvalue weighted by molar-refractivity contribution is -0.0328. The van der Waals surface area contributed by atoms with E-state index < -0.39 is 11.4 Å². The van der Waals surface area contributed by atoms with Crippen LogP contribution in [0.25, 0.3) is 0 Å². The maximum Gasteiger partial charge on any atom is 0.446 e. The van der Waals surface area contributed by atoms with Crippen LogP contribution in [0.5, 0.6) is 0 Å². The maximum absolute atomic E-state index is 12.7. The Labute approximate surface area is 172 Å². The average molecular weight is 446 g/mol. The molecule has 0 saturated heterocycles. The summed E-state index contributed by atoms with van der Waals surface area (Å²) in [5.41, 5.74) is -1.75. The number of alkyl halides is 3. The van der Waals surface area contributed by atoms with Crippen molar-refractivity contribution in [2.45, 2.75) is 15.3 Å². The number of amides is 1. The second-order valence-electron chi connectivity index (χ2n) is 5.47. The lowest BCUT2D eigenvalue weighted by Crippen LogP contribution is -2.32. The molecule has 1 amide bonds. The third-order valence-electron chi connectivity index (χ3n) is 3.31. The van der Waals surface area contributed by atoms with Gasteiger partial charge in [-0.05, 0) is 66.0 Å². The predicted octanol–water partition coefficient (Wildman–Crippen LogP) is 3.48. The van der Waals surface area contributed by atoms with E-state index >= 15 is 0 Å². The Kier molecular flexibility index (Phi) is 7.61. The van der Waals surface area contributed by atoms with Gasteiger partial charge in [-0.15, -0.1) is 0 Å². The van der Waals surface area contributed by atoms with Crippen LogP contribution in [0.15, 0.2) is 57.4 Å². The highest BCUT2D eigenvalue weighted by Gasteiger charge is 2.29. The topological polar surface area (TPSA) is 129 Å². The van der Waals surface area contributed by atoms with Gasteiger partial charge in [-0.1, -0.05) is 0 Å². The average Bonchev–Trinajstić information content (AvgIpc) is 2.66. The van der Waals surface area contributed by atoms with Crippen molar-refractivity contribution < 1.29 is 23.2 Å². The Morgan fingerprint density at radius 2 is 1.79 bits per heavy atom. The minimum absolute atomic E-state index is 0.00648. The van der Waals surface area contributed by atoms with Crippen molar-refractivity contribution in [3.05, 3.63) is 48.0 Å². The molecule has 0 fully saturated rings. The van der Waals surface area contributed by atoms with Gasteiger partial charge in [0, 0.05) is 22.5 Å². The van der Waals surface area contributed by atoms with Crippen molar-refractivity contribution in [2.24, 2.45) is 16.8 Å². The summed E-state index contributed by atoms with van der Waals surface area (Å²) in [4.78, 5) is 13.2. The van der Waals surface area contributed by atoms with Crippen LogP contribution in [0.3, 0.4) is 0 Å². The molecule has 8 nitrogen and oxygen atoms in total. The number of rotatable bonds is 5. The number of benzene rings is 2. The van der Waals surface area contributed by atoms with Gasteiger partial charge in [-0.3, -0.25) is 20.5 Å². The first-order valence-corrected chi connectivity index (χ1v) is 9.41. The van der Waals surface area contributed by atoms with E-state index in [9.17, 15) is 18.0 Å². The molecule has 0 saturated carbocycles. The molecule has 0 spiro atoms. The molecule has 29 heavy (non-hydrogen) atoms. The second kappa shape index (κ2) is 9.73. The molecule has 2 aromatic rings. The van der Waals surface area contributed by atoms with Gasteiger partial charge in [0.1, 0.15) is 0 Å². The molecular weight excluding hydrogens is 429 g/mol. The Bertz CT molecular complexity index is 891. The Balaban J connectivity index is 2.24. The number of hydrogen-bond acceptors (Lipinski definition) is 8. The van der Waals surface area contributed by atoms with Gasteiger partial charge in [0.15, 0.2) is 0 Å². The molecule has 0 aliphatic heterocycles. The van der Waals surface area contributed by atoms with E-state index in [1.807, 2.05) is 5.48 Å². The van der Waals surface area contributed by atoms with Crippen LogP contribution in [-0.4, -0.2) is 33.8 Å². The fourth-order valence-corrected chi connectivity index (χ4v) is 3.42. The van der Waals surface area contributed by atoms with E-state index in [0.29, 0.717) is 10.6 Å². The van der Waals surface area contributed by atoms with Crippen LogP contribution in [-0.2, 0) is 0 Å². The van der Waals surface area contributed by atoms with Gasteiger partial charge in [-0.2, -0.15) is 18.3 Å². The fraction of sp³-hybridized carbons (Fsp3) is 0.125. The van der Waals surface area contributed by atoms with Crippen molar-refractivity contribution in [3.8, 4) is 0 Å². The molecule has 0 aliphatic rings. The summed E-state index contributed by atoms with van der Waals surface area (Å²) >= 11 is 0.768. The summed E-state index contributed by atoms with van der Waals surface area (Å²) < 4.78 is 37.2. The van der Waals surface area contributed by atoms with Crippen molar-refractivity contribution in [1.29, 1.82) is 0 Å². The van der Waals surface area contributed by atoms with Gasteiger partial charge < -0.3 is 11.2 Å². The zero-order chi connectivity index (χ0) is 21.6. The number of hydrazone groups is 1. The number of carbonyl (C=O) groups is 1. The highest BCUT2D eigenvalue weighted by Crippen LogP contribution is 2.37. The van der Waals surface area contributed by atoms with Crippen LogP contribution in [0, 0.1) is 0 Å². The third kappa shape index (κ3) is 6.74. The van der Waals surface area contributed by atoms with Gasteiger partial charge in [0.05, 0.1) is 11.3 Å². The number of anilines is 2. The quantitative estimate of drug-likeness (QED) is 0.155. The lowest BCUT2D eigenvalue weighted by atomic mass is 10.2. The molecule has 0 radical (unpaired) electrons. The predicted molar refractivity (Wildman–Crippen MR) is 108 cm³/mol. The standard InChI is InChI=1S/C16H17F3N6O2S2/c1-25(21)15(23-20)28-13-7-4-10(24-27)8-12(13)14(26)22-9-2-5-11(6-3-9)29-16(17,18)19/h2-8,24,27H,20-21H2,1H3,(H,22,26)/b23-15+. The van der Waals surface area contributed by atoms with E-state index in [1.54, 1.807) is 6.07 Å². The van der Waals surface area contributed by atoms with Crippen molar-refractivity contribution in [2.75, 3.05) is 17.8 Å². The molecule has 0 aliphatic carbocycles. The highest BCUT2D eigenvalue weighted by atomic mass is 32.2. The number of hydrogen-bond donors (Lipinski definition) is 5. The summed E-state index contributed by atoms with van der Waals surface area (Å²) in [6, 6.07) is 9.66. The van der Waals surface area contributed by atoms with Crippen LogP contribution < -0.4 is 22.5 Å². The Morgan fingerprint density at radius 3 is 2.31 bits per heavy atom. The van der Waals surface area contributed by atoms with E-state index in [2.05, 4.69) is 10.4 Å². The second-order valence-corrected chi connectivity index (χ2v) is 7.62. The SMILES string of the molecule is CN(N)/C(=N\N)Sc1ccc(NO)cc1C(=O)Nc1ccc(SC(F)(F)F)cc1. The molecule has 0 aromatic heterocycles. The summed E-state index contributed by atoms with van der Waals surface area (Å²) in [7, 11) is 1.52. The summed E-state index contributed by atoms with van der Waals surface area (Å²) in [5, 5.41) is 16.6. The minimum atomic E-state index is -4.40. The van der Waals surface area contributed by atoms with Crippen LogP contribution in [0.4, 0.5) is 24.5 Å². The number of nitrogens with two attached hydrogens (primary N) is 2. The van der Waals surface area contributed by atoms with E-state index in [-0.39, 0.29) is 33.1 Å². The first kappa shape index (κ1) is 22.7. The van der Waals surface area contributed by atoms with Gasteiger partial charge in [0.2, 0.25) is 5.17 Å². The Hall–Kier alpha value is -2.61. The normalized spacial score (nSPS) is 11.9. The molecule has 0 unspecified atom stereocenters. The largest absolute Gasteiger partial charge is 0.446 e. The lowest BCUT2D eigenvalue weighted by Gasteiger charge is -2.16. The number of halogens is 3. The molecule has 156 valence electrons. The van der Waals surface area contributed by atoms with E-state index in [1.165, 1.54) is 48.5 Å². The van der Waals surface area contributed by atoms with Crippen LogP contribution in [0.2, 0.25) is 0 Å². The molecule has 0 atom stereocenters. The van der Waals surface area contributed by atoms with E-state index in [4.69, 9.17) is 16.9 Å². The molecular formula is C16H17F3N6O2S2. The molecule has 2 rings (SSSR count). The maximum atomic E-state index is 12.7. The first-order valence-electron chi connectivity index (χ1n) is 7.78. The molecule has 13 heteroatoms. The summed E-state index contributed by atoms with van der Waals surface area (Å²) in [6.45, 7) is 0. The number of nitrogens with zero attached hydrogens (tertiary/aromatic N) is 2. The minimum Gasteiger partial charge on any atom is -0.322 e. The molecule has 7 N–H and O–H groups in total. The van der Waals surface area contributed by atoms with Gasteiger partial charge >= 0.3 is 5.51 Å². The smallest absolute Gasteiger partial charge is 0.322 e. The van der Waals surface area contributed by atoms with Crippen molar-refractivity contribution >= 4 is 46.0 Å². The summed E-state index contributed by atoms with van der Waals surface area (Å²) in [5.74, 6) is 10.4. The molecule has 0 heterocycles. The highest BCUT2D eigenvalue weighted by molar-refractivity contribution is 8.13. The van der Waals surface area contributed by atoms with Crippen molar-refractivity contribution in [1.82, 2.24) is 5.01 Å². The summed E-state index contributed by atoms with van der Waals surface area (Å²) in [6.07, 6.45) is 0. The van der Waals surface area contributed by atoms with Crippen molar-refractivity contribution in [3.63, 3.8) is 0 Å². The monoisotopic (exact) mass is 446 g/mol. The van der Waals surface area contributed by atoms with Crippen LogP contribution in [0.1, 0.15) is 10.4 Å².